The van der Waals surface area contributed by atoms with E-state index in [0.29, 0.717) is 6.42 Å². The van der Waals surface area contributed by atoms with Gasteiger partial charge in [-0.2, -0.15) is 0 Å². The summed E-state index contributed by atoms with van der Waals surface area (Å²) in [4.78, 5) is 25.9. The summed E-state index contributed by atoms with van der Waals surface area (Å²) in [7, 11) is -3.11. The Morgan fingerprint density at radius 2 is 1.91 bits per heavy atom. The molecule has 8 heteroatoms. The molecule has 2 fully saturated rings. The van der Waals surface area contributed by atoms with Gasteiger partial charge in [-0.05, 0) is 18.8 Å². The maximum Gasteiger partial charge on any atom is 0.242 e. The van der Waals surface area contributed by atoms with Crippen LogP contribution in [0.4, 0.5) is 0 Å². The van der Waals surface area contributed by atoms with Crippen molar-refractivity contribution in [2.45, 2.75) is 56.9 Å². The molecule has 2 rings (SSSR count). The Labute approximate surface area is 137 Å². The Hall–Kier alpha value is -1.15. The van der Waals surface area contributed by atoms with E-state index in [1.807, 2.05) is 13.8 Å². The Balaban J connectivity index is 1.98. The highest BCUT2D eigenvalue weighted by molar-refractivity contribution is 7.92. The molecule has 132 valence electrons. The van der Waals surface area contributed by atoms with Gasteiger partial charge in [0.1, 0.15) is 0 Å². The standard InChI is InChI=1S/C15H27N3O4S/c1-10(2)14(16)15(20)17-9-13(19)18-7-8-23(21,22)12-6-4-3-5-11(12)18/h10-12,14H,3-9,16H2,1-2H3,(H,17,20)/t11?,12?,14-/m0/s1. The number of rotatable bonds is 4. The predicted molar refractivity (Wildman–Crippen MR) is 87.4 cm³/mol. The fourth-order valence-corrected chi connectivity index (χ4v) is 5.43. The molecule has 3 atom stereocenters. The van der Waals surface area contributed by atoms with Crippen LogP contribution in [0.3, 0.4) is 0 Å². The molecule has 0 bridgehead atoms. The number of hydrogen-bond donors (Lipinski definition) is 2. The van der Waals surface area contributed by atoms with E-state index >= 15 is 0 Å². The summed E-state index contributed by atoms with van der Waals surface area (Å²) in [5.74, 6) is -0.563. The van der Waals surface area contributed by atoms with E-state index in [2.05, 4.69) is 5.32 Å². The van der Waals surface area contributed by atoms with E-state index in [4.69, 9.17) is 5.73 Å². The summed E-state index contributed by atoms with van der Waals surface area (Å²) in [6, 6.07) is -0.891. The average molecular weight is 345 g/mol. The normalized spacial score (nSPS) is 28.1. The Bertz CT molecular complexity index is 561. The molecule has 0 spiro atoms. The highest BCUT2D eigenvalue weighted by Crippen LogP contribution is 2.32. The highest BCUT2D eigenvalue weighted by Gasteiger charge is 2.44. The van der Waals surface area contributed by atoms with E-state index < -0.39 is 21.1 Å². The largest absolute Gasteiger partial charge is 0.346 e. The quantitative estimate of drug-likeness (QED) is 0.724. The molecule has 0 radical (unpaired) electrons. The van der Waals surface area contributed by atoms with Crippen molar-refractivity contribution in [2.24, 2.45) is 11.7 Å². The minimum absolute atomic E-state index is 0.00652. The lowest BCUT2D eigenvalue weighted by Crippen LogP contribution is -2.59. The number of sulfone groups is 1. The van der Waals surface area contributed by atoms with Gasteiger partial charge >= 0.3 is 0 Å². The van der Waals surface area contributed by atoms with E-state index in [1.54, 1.807) is 4.90 Å². The smallest absolute Gasteiger partial charge is 0.242 e. The maximum absolute atomic E-state index is 12.4. The van der Waals surface area contributed by atoms with Gasteiger partial charge < -0.3 is 16.0 Å². The summed E-state index contributed by atoms with van der Waals surface area (Å²) in [5, 5.41) is 2.13. The summed E-state index contributed by atoms with van der Waals surface area (Å²) in [6.07, 6.45) is 3.17. The molecular weight excluding hydrogens is 318 g/mol. The van der Waals surface area contributed by atoms with Crippen LogP contribution in [0.1, 0.15) is 39.5 Å². The molecule has 2 amide bonds. The third-order valence-corrected chi connectivity index (χ3v) is 7.13. The zero-order chi connectivity index (χ0) is 17.2. The van der Waals surface area contributed by atoms with Gasteiger partial charge in [-0.1, -0.05) is 26.7 Å². The van der Waals surface area contributed by atoms with Gasteiger partial charge in [-0.3, -0.25) is 9.59 Å². The number of fused-ring (bicyclic) bond motifs is 1. The molecule has 1 heterocycles. The molecule has 7 nitrogen and oxygen atoms in total. The lowest BCUT2D eigenvalue weighted by atomic mass is 9.93. The van der Waals surface area contributed by atoms with Crippen LogP contribution in [0.5, 0.6) is 0 Å². The fourth-order valence-electron chi connectivity index (χ4n) is 3.39. The zero-order valence-electron chi connectivity index (χ0n) is 13.8. The molecule has 0 aromatic rings. The Kier molecular flexibility index (Phi) is 5.67. The monoisotopic (exact) mass is 345 g/mol. The van der Waals surface area contributed by atoms with E-state index in [1.165, 1.54) is 0 Å². The first-order chi connectivity index (χ1) is 10.7. The molecule has 2 unspecified atom stereocenters. The highest BCUT2D eigenvalue weighted by atomic mass is 32.2. The third-order valence-electron chi connectivity index (χ3n) is 4.90. The number of nitrogens with zero attached hydrogens (tertiary/aromatic N) is 1. The lowest BCUT2D eigenvalue weighted by Gasteiger charge is -2.43. The minimum Gasteiger partial charge on any atom is -0.346 e. The number of carbonyl (C=O) groups excluding carboxylic acids is 2. The summed E-state index contributed by atoms with van der Waals surface area (Å²) < 4.78 is 24.4. The van der Waals surface area contributed by atoms with Crippen molar-refractivity contribution in [1.29, 1.82) is 0 Å². The second-order valence-electron chi connectivity index (χ2n) is 6.83. The maximum atomic E-state index is 12.4. The molecule has 2 aliphatic rings. The van der Waals surface area contributed by atoms with Crippen molar-refractivity contribution in [3.63, 3.8) is 0 Å². The second kappa shape index (κ2) is 7.17. The van der Waals surface area contributed by atoms with E-state index in [9.17, 15) is 18.0 Å². The van der Waals surface area contributed by atoms with Crippen molar-refractivity contribution >= 4 is 21.7 Å². The van der Waals surface area contributed by atoms with Gasteiger partial charge in [0.25, 0.3) is 0 Å². The van der Waals surface area contributed by atoms with Crippen LogP contribution in [0.2, 0.25) is 0 Å². The number of nitrogens with one attached hydrogen (secondary N) is 1. The molecule has 3 N–H and O–H groups in total. The summed E-state index contributed by atoms with van der Waals surface area (Å²) in [6.45, 7) is 3.78. The molecule has 0 aromatic carbocycles. The number of nitrogens with two attached hydrogens (primary N) is 1. The fraction of sp³-hybridized carbons (Fsp3) is 0.867. The molecule has 0 aromatic heterocycles. The van der Waals surface area contributed by atoms with Crippen molar-refractivity contribution < 1.29 is 18.0 Å². The van der Waals surface area contributed by atoms with Crippen LogP contribution in [0.15, 0.2) is 0 Å². The summed E-state index contributed by atoms with van der Waals surface area (Å²) in [5.41, 5.74) is 5.75. The van der Waals surface area contributed by atoms with Gasteiger partial charge in [-0.15, -0.1) is 0 Å². The Morgan fingerprint density at radius 1 is 1.26 bits per heavy atom. The van der Waals surface area contributed by atoms with Crippen molar-refractivity contribution in [3.8, 4) is 0 Å². The van der Waals surface area contributed by atoms with Crippen LogP contribution in [0.25, 0.3) is 0 Å². The predicted octanol–water partition coefficient (Wildman–Crippen LogP) is -0.346. The molecule has 1 aliphatic heterocycles. The van der Waals surface area contributed by atoms with Gasteiger partial charge in [0, 0.05) is 12.6 Å². The van der Waals surface area contributed by atoms with Crippen LogP contribution < -0.4 is 11.1 Å². The lowest BCUT2D eigenvalue weighted by molar-refractivity contribution is -0.135. The first kappa shape index (κ1) is 18.2. The first-order valence-corrected chi connectivity index (χ1v) is 10.00. The molecule has 23 heavy (non-hydrogen) atoms. The number of amides is 2. The number of carbonyl (C=O) groups is 2. The van der Waals surface area contributed by atoms with Gasteiger partial charge in [0.2, 0.25) is 11.8 Å². The third kappa shape index (κ3) is 4.03. The van der Waals surface area contributed by atoms with Gasteiger partial charge in [-0.25, -0.2) is 8.42 Å². The van der Waals surface area contributed by atoms with Crippen LogP contribution >= 0.6 is 0 Å². The van der Waals surface area contributed by atoms with Crippen molar-refractivity contribution in [3.05, 3.63) is 0 Å². The Morgan fingerprint density at radius 3 is 2.57 bits per heavy atom. The van der Waals surface area contributed by atoms with Crippen LogP contribution in [-0.2, 0) is 19.4 Å². The SMILES string of the molecule is CC(C)[C@H](N)C(=O)NCC(=O)N1CCS(=O)(=O)C2CCCCC21. The van der Waals surface area contributed by atoms with Crippen LogP contribution in [0, 0.1) is 5.92 Å². The average Bonchev–Trinajstić information content (AvgIpc) is 2.51. The van der Waals surface area contributed by atoms with E-state index in [-0.39, 0.29) is 42.6 Å². The molecule has 1 saturated carbocycles. The van der Waals surface area contributed by atoms with Crippen molar-refractivity contribution in [2.75, 3.05) is 18.8 Å². The number of hydrogen-bond acceptors (Lipinski definition) is 5. The summed E-state index contributed by atoms with van der Waals surface area (Å²) >= 11 is 0. The van der Waals surface area contributed by atoms with E-state index in [0.717, 1.165) is 19.3 Å². The zero-order valence-corrected chi connectivity index (χ0v) is 14.6. The molecular formula is C15H27N3O4S. The first-order valence-electron chi connectivity index (χ1n) is 8.28. The van der Waals surface area contributed by atoms with Crippen LogP contribution in [-0.4, -0.2) is 61.3 Å². The molecule has 1 saturated heterocycles. The molecule has 1 aliphatic carbocycles. The van der Waals surface area contributed by atoms with Gasteiger partial charge in [0.05, 0.1) is 23.6 Å². The topological polar surface area (TPSA) is 110 Å². The minimum atomic E-state index is -3.11. The van der Waals surface area contributed by atoms with Crippen molar-refractivity contribution in [1.82, 2.24) is 10.2 Å². The van der Waals surface area contributed by atoms with Gasteiger partial charge in [0.15, 0.2) is 9.84 Å². The second-order valence-corrected chi connectivity index (χ2v) is 9.17.